The lowest BCUT2D eigenvalue weighted by molar-refractivity contribution is 0.562. The van der Waals surface area contributed by atoms with E-state index in [-0.39, 0.29) is 0 Å². The van der Waals surface area contributed by atoms with Gasteiger partial charge in [0, 0.05) is 24.2 Å². The monoisotopic (exact) mass is 212 g/mol. The number of rotatable bonds is 5. The van der Waals surface area contributed by atoms with E-state index in [0.29, 0.717) is 6.04 Å². The van der Waals surface area contributed by atoms with Crippen molar-refractivity contribution in [1.29, 1.82) is 0 Å². The summed E-state index contributed by atoms with van der Waals surface area (Å²) in [4.78, 5) is 0. The average Bonchev–Trinajstić information content (AvgIpc) is 2.18. The molecule has 0 saturated carbocycles. The third-order valence-corrected chi connectivity index (χ3v) is 2.54. The smallest absolute Gasteiger partial charge is 0.0453 e. The largest absolute Gasteiger partial charge is 0.318 e. The van der Waals surface area contributed by atoms with Crippen LogP contribution in [0.25, 0.3) is 0 Å². The van der Waals surface area contributed by atoms with Crippen LogP contribution in [0.5, 0.6) is 0 Å². The fraction of sp³-hybridized carbons (Fsp3) is 0.455. The van der Waals surface area contributed by atoms with Gasteiger partial charge < -0.3 is 10.6 Å². The number of hydrogen-bond acceptors (Lipinski definition) is 2. The number of likely N-dealkylation sites (N-methyl/N-ethyl adjacent to an activating group) is 1. The Labute approximate surface area is 90.7 Å². The molecule has 0 bridgehead atoms. The van der Waals surface area contributed by atoms with E-state index < -0.39 is 0 Å². The number of benzene rings is 1. The van der Waals surface area contributed by atoms with E-state index in [2.05, 4.69) is 23.6 Å². The van der Waals surface area contributed by atoms with Crippen molar-refractivity contribution in [2.24, 2.45) is 0 Å². The van der Waals surface area contributed by atoms with Crippen molar-refractivity contribution in [3.63, 3.8) is 0 Å². The van der Waals surface area contributed by atoms with E-state index in [0.717, 1.165) is 23.7 Å². The topological polar surface area (TPSA) is 24.1 Å². The van der Waals surface area contributed by atoms with Gasteiger partial charge >= 0.3 is 0 Å². The normalized spacial score (nSPS) is 12.8. The molecule has 0 aliphatic rings. The highest BCUT2D eigenvalue weighted by atomic mass is 35.5. The van der Waals surface area contributed by atoms with Gasteiger partial charge in [-0.3, -0.25) is 0 Å². The summed E-state index contributed by atoms with van der Waals surface area (Å²) in [6.07, 6.45) is 0. The molecule has 0 amide bonds. The third-order valence-electron chi connectivity index (χ3n) is 2.20. The van der Waals surface area contributed by atoms with Crippen LogP contribution in [0, 0.1) is 0 Å². The van der Waals surface area contributed by atoms with Crippen LogP contribution in [0.3, 0.4) is 0 Å². The minimum absolute atomic E-state index is 0.303. The highest BCUT2D eigenvalue weighted by Gasteiger charge is 2.06. The molecule has 0 aliphatic heterocycles. The Kier molecular flexibility index (Phi) is 4.94. The van der Waals surface area contributed by atoms with Gasteiger partial charge in [0.15, 0.2) is 0 Å². The maximum Gasteiger partial charge on any atom is 0.0453 e. The zero-order valence-electron chi connectivity index (χ0n) is 8.68. The number of nitrogens with one attached hydrogen (secondary N) is 2. The maximum absolute atomic E-state index is 6.08. The molecule has 0 aliphatic carbocycles. The summed E-state index contributed by atoms with van der Waals surface area (Å²) >= 11 is 6.08. The van der Waals surface area contributed by atoms with Crippen LogP contribution in [0.2, 0.25) is 5.02 Å². The van der Waals surface area contributed by atoms with Crippen molar-refractivity contribution in [3.8, 4) is 0 Å². The fourth-order valence-electron chi connectivity index (χ4n) is 1.35. The summed E-state index contributed by atoms with van der Waals surface area (Å²) < 4.78 is 0. The van der Waals surface area contributed by atoms with Crippen LogP contribution < -0.4 is 10.6 Å². The molecule has 2 N–H and O–H groups in total. The van der Waals surface area contributed by atoms with Gasteiger partial charge in [-0.2, -0.15) is 0 Å². The summed E-state index contributed by atoms with van der Waals surface area (Å²) in [5, 5.41) is 7.32. The molecule has 1 aromatic rings. The zero-order chi connectivity index (χ0) is 10.4. The third kappa shape index (κ3) is 3.29. The highest BCUT2D eigenvalue weighted by Crippen LogP contribution is 2.21. The summed E-state index contributed by atoms with van der Waals surface area (Å²) in [6, 6.07) is 8.24. The molecule has 14 heavy (non-hydrogen) atoms. The quantitative estimate of drug-likeness (QED) is 0.732. The van der Waals surface area contributed by atoms with Crippen molar-refractivity contribution >= 4 is 11.6 Å². The number of hydrogen-bond donors (Lipinski definition) is 2. The van der Waals surface area contributed by atoms with Gasteiger partial charge in [-0.25, -0.2) is 0 Å². The Morgan fingerprint density at radius 1 is 1.29 bits per heavy atom. The fourth-order valence-corrected chi connectivity index (χ4v) is 1.65. The average molecular weight is 213 g/mol. The van der Waals surface area contributed by atoms with Gasteiger partial charge in [-0.1, -0.05) is 29.8 Å². The Morgan fingerprint density at radius 2 is 2.00 bits per heavy atom. The molecule has 0 fully saturated rings. The lowest BCUT2D eigenvalue weighted by Gasteiger charge is -2.15. The van der Waals surface area contributed by atoms with Gasteiger partial charge in [0.2, 0.25) is 0 Å². The molecule has 3 heteroatoms. The van der Waals surface area contributed by atoms with E-state index in [9.17, 15) is 0 Å². The van der Waals surface area contributed by atoms with Crippen LogP contribution in [0.4, 0.5) is 0 Å². The standard InChI is InChI=1S/C11H17ClN2/c1-9(14-8-7-13-2)10-5-3-4-6-11(10)12/h3-6,9,13-14H,7-8H2,1-2H3. The zero-order valence-corrected chi connectivity index (χ0v) is 9.43. The highest BCUT2D eigenvalue weighted by molar-refractivity contribution is 6.31. The van der Waals surface area contributed by atoms with Crippen molar-refractivity contribution < 1.29 is 0 Å². The lowest BCUT2D eigenvalue weighted by Crippen LogP contribution is -2.27. The summed E-state index contributed by atoms with van der Waals surface area (Å²) in [5.74, 6) is 0. The van der Waals surface area contributed by atoms with Crippen LogP contribution in [0.1, 0.15) is 18.5 Å². The molecule has 0 spiro atoms. The molecule has 0 saturated heterocycles. The van der Waals surface area contributed by atoms with Crippen molar-refractivity contribution in [2.45, 2.75) is 13.0 Å². The molecule has 0 heterocycles. The second-order valence-corrected chi connectivity index (χ2v) is 3.71. The van der Waals surface area contributed by atoms with E-state index >= 15 is 0 Å². The first kappa shape index (κ1) is 11.5. The minimum atomic E-state index is 0.303. The first-order chi connectivity index (χ1) is 6.75. The summed E-state index contributed by atoms with van der Waals surface area (Å²) in [5.41, 5.74) is 1.16. The van der Waals surface area contributed by atoms with Crippen LogP contribution >= 0.6 is 11.6 Å². The van der Waals surface area contributed by atoms with Gasteiger partial charge in [0.25, 0.3) is 0 Å². The second-order valence-electron chi connectivity index (χ2n) is 3.30. The Hall–Kier alpha value is -0.570. The Balaban J connectivity index is 2.51. The Bertz CT molecular complexity index is 276. The molecule has 78 valence electrons. The predicted octanol–water partition coefficient (Wildman–Crippen LogP) is 2.21. The Morgan fingerprint density at radius 3 is 2.64 bits per heavy atom. The second kappa shape index (κ2) is 6.02. The maximum atomic E-state index is 6.08. The van der Waals surface area contributed by atoms with Gasteiger partial charge in [0.1, 0.15) is 0 Å². The van der Waals surface area contributed by atoms with E-state index in [4.69, 9.17) is 11.6 Å². The minimum Gasteiger partial charge on any atom is -0.318 e. The van der Waals surface area contributed by atoms with Crippen LogP contribution in [-0.2, 0) is 0 Å². The SMILES string of the molecule is CNCCNC(C)c1ccccc1Cl. The first-order valence-corrected chi connectivity index (χ1v) is 5.26. The molecule has 2 nitrogen and oxygen atoms in total. The van der Waals surface area contributed by atoms with E-state index in [1.807, 2.05) is 25.2 Å². The van der Waals surface area contributed by atoms with Gasteiger partial charge in [-0.05, 0) is 25.6 Å². The molecule has 1 aromatic carbocycles. The molecule has 0 aromatic heterocycles. The van der Waals surface area contributed by atoms with Crippen LogP contribution in [-0.4, -0.2) is 20.1 Å². The van der Waals surface area contributed by atoms with Crippen molar-refractivity contribution in [2.75, 3.05) is 20.1 Å². The lowest BCUT2D eigenvalue weighted by atomic mass is 10.1. The molecule has 1 unspecified atom stereocenters. The van der Waals surface area contributed by atoms with Gasteiger partial charge in [0.05, 0.1) is 0 Å². The predicted molar refractivity (Wildman–Crippen MR) is 61.8 cm³/mol. The molecule has 1 rings (SSSR count). The van der Waals surface area contributed by atoms with E-state index in [1.165, 1.54) is 0 Å². The molecular formula is C11H17ClN2. The van der Waals surface area contributed by atoms with Gasteiger partial charge in [-0.15, -0.1) is 0 Å². The molecule has 1 atom stereocenters. The summed E-state index contributed by atoms with van der Waals surface area (Å²) in [7, 11) is 1.95. The van der Waals surface area contributed by atoms with E-state index in [1.54, 1.807) is 0 Å². The number of halogens is 1. The molecular weight excluding hydrogens is 196 g/mol. The first-order valence-electron chi connectivity index (χ1n) is 4.88. The van der Waals surface area contributed by atoms with Crippen LogP contribution in [0.15, 0.2) is 24.3 Å². The summed E-state index contributed by atoms with van der Waals surface area (Å²) in [6.45, 7) is 4.04. The van der Waals surface area contributed by atoms with Crippen molar-refractivity contribution in [1.82, 2.24) is 10.6 Å². The van der Waals surface area contributed by atoms with Crippen molar-refractivity contribution in [3.05, 3.63) is 34.9 Å². The molecule has 0 radical (unpaired) electrons.